The van der Waals surface area contributed by atoms with Gasteiger partial charge in [0.05, 0.1) is 6.07 Å². The first-order valence-electron chi connectivity index (χ1n) is 4.49. The van der Waals surface area contributed by atoms with Crippen LogP contribution in [0.25, 0.3) is 0 Å². The number of carbonyl (C=O) groups excluding carboxylic acids is 1. The van der Waals surface area contributed by atoms with Gasteiger partial charge in [-0.15, -0.1) is 0 Å². The van der Waals surface area contributed by atoms with Crippen LogP contribution in [0.3, 0.4) is 0 Å². The quantitative estimate of drug-likeness (QED) is 0.376. The van der Waals surface area contributed by atoms with E-state index in [1.807, 2.05) is 0 Å². The van der Waals surface area contributed by atoms with E-state index in [0.29, 0.717) is 0 Å². The van der Waals surface area contributed by atoms with Crippen molar-refractivity contribution < 1.29 is 14.6 Å². The van der Waals surface area contributed by atoms with Gasteiger partial charge in [0.15, 0.2) is 6.61 Å². The van der Waals surface area contributed by atoms with Crippen LogP contribution in [0, 0.1) is 11.3 Å². The maximum absolute atomic E-state index is 11.1. The third-order valence-electron chi connectivity index (χ3n) is 1.77. The molecule has 1 amide bonds. The van der Waals surface area contributed by atoms with E-state index in [-0.39, 0.29) is 30.3 Å². The van der Waals surface area contributed by atoms with Crippen molar-refractivity contribution in [1.82, 2.24) is 5.32 Å². The molecule has 6 nitrogen and oxygen atoms in total. The Labute approximate surface area is 92.2 Å². The summed E-state index contributed by atoms with van der Waals surface area (Å²) < 4.78 is 5.07. The van der Waals surface area contributed by atoms with Crippen molar-refractivity contribution in [2.75, 3.05) is 18.9 Å². The van der Waals surface area contributed by atoms with E-state index in [4.69, 9.17) is 15.7 Å². The first-order valence-corrected chi connectivity index (χ1v) is 4.49. The fourth-order valence-electron chi connectivity index (χ4n) is 0.991. The third kappa shape index (κ3) is 3.06. The van der Waals surface area contributed by atoms with E-state index in [0.717, 1.165) is 0 Å². The van der Waals surface area contributed by atoms with Gasteiger partial charge in [0.25, 0.3) is 5.91 Å². The summed E-state index contributed by atoms with van der Waals surface area (Å²) in [4.78, 5) is 11.1. The van der Waals surface area contributed by atoms with E-state index in [1.54, 1.807) is 12.1 Å². The summed E-state index contributed by atoms with van der Waals surface area (Å²) in [5.74, 6) is -0.300. The maximum atomic E-state index is 11.1. The molecule has 6 heteroatoms. The predicted molar refractivity (Wildman–Crippen MR) is 56.6 cm³/mol. The van der Waals surface area contributed by atoms with Crippen LogP contribution < -0.4 is 15.8 Å². The lowest BCUT2D eigenvalue weighted by molar-refractivity contribution is -0.122. The van der Waals surface area contributed by atoms with Crippen molar-refractivity contribution in [3.8, 4) is 17.6 Å². The SMILES string of the molecule is N#CCNC(=O)COc1cccc(O)c1N. The van der Waals surface area contributed by atoms with Crippen LogP contribution in [0.15, 0.2) is 18.2 Å². The first-order chi connectivity index (χ1) is 7.65. The average molecular weight is 221 g/mol. The largest absolute Gasteiger partial charge is 0.506 e. The Morgan fingerprint density at radius 2 is 2.38 bits per heavy atom. The highest BCUT2D eigenvalue weighted by Crippen LogP contribution is 2.29. The predicted octanol–water partition coefficient (Wildman–Crippen LogP) is -0.00702. The second kappa shape index (κ2) is 5.46. The Bertz CT molecular complexity index is 426. The number of ether oxygens (including phenoxy) is 1. The molecule has 4 N–H and O–H groups in total. The summed E-state index contributed by atoms with van der Waals surface area (Å²) >= 11 is 0. The van der Waals surface area contributed by atoms with Gasteiger partial charge < -0.3 is 20.9 Å². The van der Waals surface area contributed by atoms with Gasteiger partial charge >= 0.3 is 0 Å². The van der Waals surface area contributed by atoms with Gasteiger partial charge in [0.2, 0.25) is 0 Å². The van der Waals surface area contributed by atoms with Crippen molar-refractivity contribution in [3.05, 3.63) is 18.2 Å². The Morgan fingerprint density at radius 3 is 3.06 bits per heavy atom. The van der Waals surface area contributed by atoms with Gasteiger partial charge in [-0.25, -0.2) is 0 Å². The van der Waals surface area contributed by atoms with Gasteiger partial charge in [-0.05, 0) is 12.1 Å². The van der Waals surface area contributed by atoms with Crippen LogP contribution in [0.5, 0.6) is 11.5 Å². The Kier molecular flexibility index (Phi) is 3.98. The van der Waals surface area contributed by atoms with Crippen LogP contribution in [0.2, 0.25) is 0 Å². The van der Waals surface area contributed by atoms with Crippen LogP contribution in [-0.4, -0.2) is 24.2 Å². The molecule has 84 valence electrons. The monoisotopic (exact) mass is 221 g/mol. The standard InChI is InChI=1S/C10H11N3O3/c11-4-5-13-9(15)6-16-8-3-1-2-7(14)10(8)12/h1-3,14H,5-6,12H2,(H,13,15). The molecule has 0 atom stereocenters. The lowest BCUT2D eigenvalue weighted by Crippen LogP contribution is -2.29. The highest BCUT2D eigenvalue weighted by atomic mass is 16.5. The van der Waals surface area contributed by atoms with Crippen molar-refractivity contribution in [3.63, 3.8) is 0 Å². The van der Waals surface area contributed by atoms with Gasteiger partial charge in [-0.3, -0.25) is 4.79 Å². The smallest absolute Gasteiger partial charge is 0.258 e. The molecule has 0 aromatic heterocycles. The number of nitrogens with two attached hydrogens (primary N) is 1. The summed E-state index contributed by atoms with van der Waals surface area (Å²) in [7, 11) is 0. The van der Waals surface area contributed by atoms with Gasteiger partial charge in [-0.1, -0.05) is 6.07 Å². The molecule has 0 bridgehead atoms. The van der Waals surface area contributed by atoms with Crippen molar-refractivity contribution in [2.45, 2.75) is 0 Å². The minimum Gasteiger partial charge on any atom is -0.506 e. The number of rotatable bonds is 4. The summed E-state index contributed by atoms with van der Waals surface area (Å²) in [6.45, 7) is -0.326. The Morgan fingerprint density at radius 1 is 1.62 bits per heavy atom. The summed E-state index contributed by atoms with van der Waals surface area (Å²) in [5, 5.41) is 19.8. The molecular weight excluding hydrogens is 210 g/mol. The Balaban J connectivity index is 2.52. The summed E-state index contributed by atoms with van der Waals surface area (Å²) in [5.41, 5.74) is 5.59. The molecule has 16 heavy (non-hydrogen) atoms. The number of nitriles is 1. The highest BCUT2D eigenvalue weighted by molar-refractivity contribution is 5.78. The average Bonchev–Trinajstić information content (AvgIpc) is 2.28. The molecular formula is C10H11N3O3. The Hall–Kier alpha value is -2.42. The lowest BCUT2D eigenvalue weighted by Gasteiger charge is -2.08. The van der Waals surface area contributed by atoms with Crippen molar-refractivity contribution >= 4 is 11.6 Å². The highest BCUT2D eigenvalue weighted by Gasteiger charge is 2.07. The molecule has 0 heterocycles. The molecule has 1 rings (SSSR count). The molecule has 1 aromatic rings. The van der Waals surface area contributed by atoms with Crippen LogP contribution in [-0.2, 0) is 4.79 Å². The first kappa shape index (κ1) is 11.7. The molecule has 1 aromatic carbocycles. The number of aromatic hydroxyl groups is 1. The van der Waals surface area contributed by atoms with Gasteiger partial charge in [-0.2, -0.15) is 5.26 Å². The van der Waals surface area contributed by atoms with Crippen LogP contribution in [0.4, 0.5) is 5.69 Å². The van der Waals surface area contributed by atoms with Gasteiger partial charge in [0.1, 0.15) is 23.7 Å². The zero-order valence-electron chi connectivity index (χ0n) is 8.43. The van der Waals surface area contributed by atoms with E-state index < -0.39 is 5.91 Å². The maximum Gasteiger partial charge on any atom is 0.258 e. The summed E-state index contributed by atoms with van der Waals surface area (Å²) in [6.07, 6.45) is 0. The number of benzene rings is 1. The lowest BCUT2D eigenvalue weighted by atomic mass is 10.3. The normalized spacial score (nSPS) is 9.19. The molecule has 0 aliphatic rings. The zero-order chi connectivity index (χ0) is 12.0. The molecule has 0 unspecified atom stereocenters. The fraction of sp³-hybridized carbons (Fsp3) is 0.200. The minimum atomic E-state index is -0.427. The number of nitrogens with zero attached hydrogens (tertiary/aromatic N) is 1. The van der Waals surface area contributed by atoms with E-state index in [9.17, 15) is 9.90 Å². The number of nitrogen functional groups attached to an aromatic ring is 1. The molecule has 0 saturated carbocycles. The number of hydrogen-bond acceptors (Lipinski definition) is 5. The third-order valence-corrected chi connectivity index (χ3v) is 1.77. The van der Waals surface area contributed by atoms with E-state index in [1.165, 1.54) is 12.1 Å². The second-order valence-corrected chi connectivity index (χ2v) is 2.91. The number of para-hydroxylation sites is 1. The van der Waals surface area contributed by atoms with Crippen LogP contribution in [0.1, 0.15) is 0 Å². The van der Waals surface area contributed by atoms with Crippen molar-refractivity contribution in [1.29, 1.82) is 5.26 Å². The fourth-order valence-corrected chi connectivity index (χ4v) is 0.991. The number of amides is 1. The van der Waals surface area contributed by atoms with E-state index in [2.05, 4.69) is 5.32 Å². The topological polar surface area (TPSA) is 108 Å². The minimum absolute atomic E-state index is 0.0717. The number of hydrogen-bond donors (Lipinski definition) is 3. The molecule has 0 aliphatic heterocycles. The number of carbonyl (C=O) groups is 1. The van der Waals surface area contributed by atoms with Crippen LogP contribution >= 0.6 is 0 Å². The zero-order valence-corrected chi connectivity index (χ0v) is 8.43. The molecule has 0 fully saturated rings. The number of phenolic OH excluding ortho intramolecular Hbond substituents is 1. The van der Waals surface area contributed by atoms with E-state index >= 15 is 0 Å². The number of anilines is 1. The molecule has 0 saturated heterocycles. The summed E-state index contributed by atoms with van der Waals surface area (Å²) in [6, 6.07) is 6.26. The number of phenols is 1. The van der Waals surface area contributed by atoms with Crippen molar-refractivity contribution in [2.24, 2.45) is 0 Å². The molecule has 0 radical (unpaired) electrons. The molecule has 0 aliphatic carbocycles. The second-order valence-electron chi connectivity index (χ2n) is 2.91. The van der Waals surface area contributed by atoms with Gasteiger partial charge in [0, 0.05) is 0 Å². The molecule has 0 spiro atoms. The number of nitrogens with one attached hydrogen (secondary N) is 1.